The molecule has 1 aromatic heterocycles. The number of aromatic nitrogens is 1. The molecule has 0 bridgehead atoms. The van der Waals surface area contributed by atoms with Gasteiger partial charge in [-0.05, 0) is 30.5 Å². The van der Waals surface area contributed by atoms with Gasteiger partial charge in [0, 0.05) is 11.8 Å². The summed E-state index contributed by atoms with van der Waals surface area (Å²) in [7, 11) is 0. The van der Waals surface area contributed by atoms with Gasteiger partial charge < -0.3 is 5.32 Å². The van der Waals surface area contributed by atoms with Crippen molar-refractivity contribution in [2.75, 3.05) is 11.6 Å². The van der Waals surface area contributed by atoms with Crippen LogP contribution in [0.4, 0.5) is 22.7 Å². The second-order valence-electron chi connectivity index (χ2n) is 4.71. The number of nitrogens with zero attached hydrogens (tertiary/aromatic N) is 3. The summed E-state index contributed by atoms with van der Waals surface area (Å²) < 4.78 is 1.89. The third-order valence-electron chi connectivity index (χ3n) is 3.21. The van der Waals surface area contributed by atoms with Crippen LogP contribution >= 0.6 is 23.1 Å². The highest BCUT2D eigenvalue weighted by atomic mass is 32.2. The number of nitrogens with one attached hydrogen (secondary N) is 1. The summed E-state index contributed by atoms with van der Waals surface area (Å²) in [5.74, 6) is 0. The van der Waals surface area contributed by atoms with Crippen molar-refractivity contribution < 1.29 is 9.85 Å². The molecule has 10 heteroatoms. The summed E-state index contributed by atoms with van der Waals surface area (Å²) in [6.45, 7) is 0. The molecule has 0 radical (unpaired) electrons. The molecular weight excluding hydrogens is 352 g/mol. The molecule has 0 unspecified atom stereocenters. The number of hydrogen-bond donors (Lipinski definition) is 1. The van der Waals surface area contributed by atoms with Crippen molar-refractivity contribution in [1.29, 1.82) is 0 Å². The molecule has 0 atom stereocenters. The first-order valence-corrected chi connectivity index (χ1v) is 8.66. The third-order valence-corrected chi connectivity index (χ3v) is 5.21. The zero-order valence-electron chi connectivity index (χ0n) is 12.3. The van der Waals surface area contributed by atoms with E-state index in [1.54, 1.807) is 17.8 Å². The van der Waals surface area contributed by atoms with Gasteiger partial charge in [0.1, 0.15) is 5.69 Å². The van der Waals surface area contributed by atoms with E-state index >= 15 is 0 Å². The van der Waals surface area contributed by atoms with Crippen LogP contribution in [-0.2, 0) is 0 Å². The number of nitro benzene ring substituents is 2. The summed E-state index contributed by atoms with van der Waals surface area (Å²) >= 11 is 3.08. The molecule has 3 aromatic rings. The minimum Gasteiger partial charge on any atom is -0.350 e. The van der Waals surface area contributed by atoms with Gasteiger partial charge in [0.2, 0.25) is 0 Å². The van der Waals surface area contributed by atoms with Crippen LogP contribution in [0.5, 0.6) is 0 Å². The lowest BCUT2D eigenvalue weighted by molar-refractivity contribution is -0.393. The van der Waals surface area contributed by atoms with Gasteiger partial charge in [-0.2, -0.15) is 0 Å². The molecule has 2 aromatic carbocycles. The Kier molecular flexibility index (Phi) is 4.32. The molecule has 3 rings (SSSR count). The first kappa shape index (κ1) is 16.1. The lowest BCUT2D eigenvalue weighted by atomic mass is 10.2. The first-order valence-electron chi connectivity index (χ1n) is 6.62. The van der Waals surface area contributed by atoms with Crippen LogP contribution in [0.3, 0.4) is 0 Å². The molecule has 1 heterocycles. The van der Waals surface area contributed by atoms with Crippen molar-refractivity contribution in [3.05, 3.63) is 56.6 Å². The molecule has 0 aliphatic heterocycles. The Morgan fingerprint density at radius 2 is 1.92 bits per heavy atom. The molecule has 122 valence electrons. The lowest BCUT2D eigenvalue weighted by Crippen LogP contribution is -1.98. The van der Waals surface area contributed by atoms with Crippen molar-refractivity contribution in [3.8, 4) is 0 Å². The van der Waals surface area contributed by atoms with Gasteiger partial charge in [-0.3, -0.25) is 20.2 Å². The summed E-state index contributed by atoms with van der Waals surface area (Å²) in [5.41, 5.74) is 1.02. The maximum Gasteiger partial charge on any atom is 0.299 e. The fourth-order valence-corrected chi connectivity index (χ4v) is 3.64. The van der Waals surface area contributed by atoms with E-state index < -0.39 is 9.85 Å². The van der Waals surface area contributed by atoms with Crippen molar-refractivity contribution in [2.24, 2.45) is 0 Å². The standard InChI is InChI=1S/C14H10N4O4S2/c1-23-14-16-11-4-2-8(6-13(11)24-14)15-10-5-3-9(17(19)20)7-12(10)18(21)22/h2-7,15H,1H3. The van der Waals surface area contributed by atoms with E-state index in [0.29, 0.717) is 5.69 Å². The van der Waals surface area contributed by atoms with Gasteiger partial charge in [0.15, 0.2) is 4.34 Å². The Labute approximate surface area is 143 Å². The number of hydrogen-bond acceptors (Lipinski definition) is 8. The normalized spacial score (nSPS) is 10.7. The maximum atomic E-state index is 11.2. The average molecular weight is 362 g/mol. The number of rotatable bonds is 5. The molecule has 8 nitrogen and oxygen atoms in total. The smallest absolute Gasteiger partial charge is 0.299 e. The first-order chi connectivity index (χ1) is 11.5. The Hall–Kier alpha value is -2.72. The number of benzene rings is 2. The van der Waals surface area contributed by atoms with Gasteiger partial charge in [0.25, 0.3) is 11.4 Å². The summed E-state index contributed by atoms with van der Waals surface area (Å²) in [5, 5.41) is 24.9. The predicted octanol–water partition coefficient (Wildman–Crippen LogP) is 4.58. The van der Waals surface area contributed by atoms with Gasteiger partial charge in [0.05, 0.1) is 26.1 Å². The third kappa shape index (κ3) is 3.14. The molecule has 0 spiro atoms. The molecule has 0 aliphatic carbocycles. The average Bonchev–Trinajstić information content (AvgIpc) is 2.97. The second kappa shape index (κ2) is 6.42. The zero-order chi connectivity index (χ0) is 17.3. The monoisotopic (exact) mass is 362 g/mol. The van der Waals surface area contributed by atoms with E-state index in [1.807, 2.05) is 18.4 Å². The molecule has 0 aliphatic rings. The highest BCUT2D eigenvalue weighted by Crippen LogP contribution is 2.34. The van der Waals surface area contributed by atoms with Gasteiger partial charge in [-0.1, -0.05) is 11.8 Å². The zero-order valence-corrected chi connectivity index (χ0v) is 13.9. The van der Waals surface area contributed by atoms with Crippen molar-refractivity contribution in [1.82, 2.24) is 4.98 Å². The van der Waals surface area contributed by atoms with E-state index in [-0.39, 0.29) is 17.1 Å². The Balaban J connectivity index is 1.98. The van der Waals surface area contributed by atoms with Crippen LogP contribution < -0.4 is 5.32 Å². The topological polar surface area (TPSA) is 111 Å². The van der Waals surface area contributed by atoms with Crippen molar-refractivity contribution in [2.45, 2.75) is 4.34 Å². The summed E-state index contributed by atoms with van der Waals surface area (Å²) in [4.78, 5) is 25.1. The molecular formula is C14H10N4O4S2. The molecule has 0 saturated carbocycles. The number of non-ortho nitro benzene ring substituents is 1. The molecule has 0 saturated heterocycles. The number of nitro groups is 2. The van der Waals surface area contributed by atoms with E-state index in [9.17, 15) is 20.2 Å². The summed E-state index contributed by atoms with van der Waals surface area (Å²) in [6.07, 6.45) is 1.94. The van der Waals surface area contributed by atoms with Crippen LogP contribution in [0.1, 0.15) is 0 Å². The highest BCUT2D eigenvalue weighted by Gasteiger charge is 2.19. The molecule has 0 amide bonds. The van der Waals surface area contributed by atoms with E-state index in [4.69, 9.17) is 0 Å². The number of thiazole rings is 1. The maximum absolute atomic E-state index is 11.2. The highest BCUT2D eigenvalue weighted by molar-refractivity contribution is 8.00. The number of anilines is 2. The van der Waals surface area contributed by atoms with Crippen molar-refractivity contribution >= 4 is 56.1 Å². The van der Waals surface area contributed by atoms with Crippen LogP contribution in [0.15, 0.2) is 40.7 Å². The van der Waals surface area contributed by atoms with E-state index in [0.717, 1.165) is 20.6 Å². The lowest BCUT2D eigenvalue weighted by Gasteiger charge is -2.07. The Morgan fingerprint density at radius 3 is 2.58 bits per heavy atom. The van der Waals surface area contributed by atoms with Gasteiger partial charge in [-0.25, -0.2) is 4.98 Å². The molecule has 1 N–H and O–H groups in total. The minimum atomic E-state index is -0.663. The molecule has 0 fully saturated rings. The predicted molar refractivity (Wildman–Crippen MR) is 94.4 cm³/mol. The van der Waals surface area contributed by atoms with E-state index in [1.165, 1.54) is 23.5 Å². The van der Waals surface area contributed by atoms with Crippen LogP contribution in [-0.4, -0.2) is 21.1 Å². The van der Waals surface area contributed by atoms with E-state index in [2.05, 4.69) is 10.3 Å². The van der Waals surface area contributed by atoms with Crippen LogP contribution in [0.25, 0.3) is 10.2 Å². The Morgan fingerprint density at radius 1 is 1.12 bits per heavy atom. The minimum absolute atomic E-state index is 0.194. The van der Waals surface area contributed by atoms with Gasteiger partial charge >= 0.3 is 0 Å². The van der Waals surface area contributed by atoms with Crippen LogP contribution in [0, 0.1) is 20.2 Å². The largest absolute Gasteiger partial charge is 0.350 e. The number of thioether (sulfide) groups is 1. The fraction of sp³-hybridized carbons (Fsp3) is 0.0714. The second-order valence-corrected chi connectivity index (χ2v) is 6.79. The Bertz CT molecular complexity index is 957. The summed E-state index contributed by atoms with van der Waals surface area (Å²) in [6, 6.07) is 8.94. The molecule has 24 heavy (non-hydrogen) atoms. The van der Waals surface area contributed by atoms with Gasteiger partial charge in [-0.15, -0.1) is 11.3 Å². The van der Waals surface area contributed by atoms with Crippen LogP contribution in [0.2, 0.25) is 0 Å². The number of fused-ring (bicyclic) bond motifs is 1. The van der Waals surface area contributed by atoms with Crippen molar-refractivity contribution in [3.63, 3.8) is 0 Å². The quantitative estimate of drug-likeness (QED) is 0.402. The SMILES string of the molecule is CSc1nc2ccc(Nc3ccc([N+](=O)[O-])cc3[N+](=O)[O-])cc2s1. The fourth-order valence-electron chi connectivity index (χ4n) is 2.11.